The van der Waals surface area contributed by atoms with Gasteiger partial charge in [-0.15, -0.1) is 0 Å². The molecule has 0 aliphatic carbocycles. The maximum Gasteiger partial charge on any atom is 0.345 e. The van der Waals surface area contributed by atoms with Crippen molar-refractivity contribution in [2.24, 2.45) is 0 Å². The summed E-state index contributed by atoms with van der Waals surface area (Å²) in [5.41, 5.74) is 2.99. The van der Waals surface area contributed by atoms with E-state index in [-0.39, 0.29) is 0 Å². The predicted molar refractivity (Wildman–Crippen MR) is 135 cm³/mol. The topological polar surface area (TPSA) is 49.8 Å². The van der Waals surface area contributed by atoms with Crippen LogP contribution in [-0.4, -0.2) is 18.2 Å². The minimum atomic E-state index is -1.98. The lowest BCUT2D eigenvalue weighted by atomic mass is 9.77. The summed E-state index contributed by atoms with van der Waals surface area (Å²) in [6.45, 7) is 0. The Hall–Kier alpha value is -4.15. The molecule has 2 atom stereocenters. The van der Waals surface area contributed by atoms with Crippen molar-refractivity contribution in [1.29, 1.82) is 0 Å². The first-order valence-electron chi connectivity index (χ1n) is 11.2. The summed E-state index contributed by atoms with van der Waals surface area (Å²) < 4.78 is 5.23. The quantitative estimate of drug-likeness (QED) is 0.393. The average Bonchev–Trinajstić information content (AvgIpc) is 2.92. The molecule has 4 nitrogen and oxygen atoms in total. The molecule has 0 radical (unpaired) electrons. The Bertz CT molecular complexity index is 1320. The van der Waals surface area contributed by atoms with Crippen LogP contribution in [0.1, 0.15) is 28.3 Å². The molecule has 5 rings (SSSR count). The van der Waals surface area contributed by atoms with Gasteiger partial charge in [-0.1, -0.05) is 103 Å². The van der Waals surface area contributed by atoms with Crippen LogP contribution >= 0.6 is 0 Å². The lowest BCUT2D eigenvalue weighted by molar-refractivity contribution is -0.166. The molecule has 0 aromatic heterocycles. The lowest BCUT2D eigenvalue weighted by Gasteiger charge is -2.46. The minimum Gasteiger partial charge on any atom is -0.467 e. The molecule has 0 saturated carbocycles. The summed E-state index contributed by atoms with van der Waals surface area (Å²) in [6.07, 6.45) is 2.11. The molecule has 0 saturated heterocycles. The van der Waals surface area contributed by atoms with Crippen molar-refractivity contribution in [2.45, 2.75) is 11.6 Å². The van der Waals surface area contributed by atoms with Gasteiger partial charge in [0.05, 0.1) is 7.11 Å². The number of nitrogens with zero attached hydrogens (tertiary/aromatic N) is 1. The number of hydrogen-bond donors (Lipinski definition) is 1. The fourth-order valence-corrected chi connectivity index (χ4v) is 4.74. The van der Waals surface area contributed by atoms with Gasteiger partial charge < -0.3 is 14.7 Å². The lowest BCUT2D eigenvalue weighted by Crippen LogP contribution is -2.50. The molecule has 0 spiro atoms. The Kier molecular flexibility index (Phi) is 5.74. The van der Waals surface area contributed by atoms with E-state index in [9.17, 15) is 9.90 Å². The number of carbonyl (C=O) groups is 1. The van der Waals surface area contributed by atoms with Crippen molar-refractivity contribution < 1.29 is 14.6 Å². The summed E-state index contributed by atoms with van der Waals surface area (Å²) >= 11 is 0. The second-order valence-electron chi connectivity index (χ2n) is 8.26. The number of fused-ring (bicyclic) bond motifs is 1. The van der Waals surface area contributed by atoms with Crippen molar-refractivity contribution in [2.75, 3.05) is 12.0 Å². The van der Waals surface area contributed by atoms with Crippen LogP contribution in [0.3, 0.4) is 0 Å². The molecule has 4 aromatic rings. The van der Waals surface area contributed by atoms with Gasteiger partial charge in [-0.2, -0.15) is 0 Å². The number of anilines is 1. The first-order chi connectivity index (χ1) is 16.6. The van der Waals surface area contributed by atoms with Crippen molar-refractivity contribution in [1.82, 2.24) is 0 Å². The number of esters is 1. The normalized spacial score (nSPS) is 16.7. The number of ether oxygens (including phenoxy) is 1. The zero-order valence-electron chi connectivity index (χ0n) is 18.8. The van der Waals surface area contributed by atoms with Crippen LogP contribution < -0.4 is 4.90 Å². The number of carbonyl (C=O) groups excluding carboxylic acids is 1. The molecular weight excluding hydrogens is 422 g/mol. The molecule has 1 aliphatic heterocycles. The number of methoxy groups -OCH3 is 1. The van der Waals surface area contributed by atoms with E-state index < -0.39 is 17.6 Å². The summed E-state index contributed by atoms with van der Waals surface area (Å²) in [5, 5.41) is 12.4. The van der Waals surface area contributed by atoms with E-state index in [1.54, 1.807) is 12.1 Å². The van der Waals surface area contributed by atoms with Gasteiger partial charge in [0.1, 0.15) is 6.04 Å². The van der Waals surface area contributed by atoms with Gasteiger partial charge in [-0.25, -0.2) is 4.79 Å². The third-order valence-electron chi connectivity index (χ3n) is 6.31. The largest absolute Gasteiger partial charge is 0.467 e. The molecule has 0 fully saturated rings. The Morgan fingerprint density at radius 2 is 1.35 bits per heavy atom. The highest BCUT2D eigenvalue weighted by molar-refractivity contribution is 5.96. The molecule has 2 unspecified atom stereocenters. The maximum absolute atomic E-state index is 13.4. The molecule has 34 heavy (non-hydrogen) atoms. The van der Waals surface area contributed by atoms with Gasteiger partial charge in [0, 0.05) is 11.4 Å². The molecule has 168 valence electrons. The fourth-order valence-electron chi connectivity index (χ4n) is 4.74. The monoisotopic (exact) mass is 447 g/mol. The van der Waals surface area contributed by atoms with Crippen molar-refractivity contribution in [3.05, 3.63) is 138 Å². The number of rotatable bonds is 5. The SMILES string of the molecule is COC(=O)C(O)(c1ccccc1)C1c2ccccc2C=C(c2ccccc2)N1c1ccccc1. The van der Waals surface area contributed by atoms with Crippen LogP contribution in [0, 0.1) is 0 Å². The number of aliphatic hydroxyl groups is 1. The highest BCUT2D eigenvalue weighted by atomic mass is 16.5. The third-order valence-corrected chi connectivity index (χ3v) is 6.31. The van der Waals surface area contributed by atoms with Crippen LogP contribution in [0.15, 0.2) is 115 Å². The van der Waals surface area contributed by atoms with Gasteiger partial charge in [0.15, 0.2) is 0 Å². The Balaban J connectivity index is 1.85. The molecule has 0 bridgehead atoms. The maximum atomic E-state index is 13.4. The zero-order valence-corrected chi connectivity index (χ0v) is 18.8. The van der Waals surface area contributed by atoms with E-state index in [4.69, 9.17) is 4.74 Å². The van der Waals surface area contributed by atoms with Crippen LogP contribution in [-0.2, 0) is 15.1 Å². The van der Waals surface area contributed by atoms with Crippen molar-refractivity contribution in [3.8, 4) is 0 Å². The van der Waals surface area contributed by atoms with Gasteiger partial charge in [0.25, 0.3) is 0 Å². The van der Waals surface area contributed by atoms with E-state index in [2.05, 4.69) is 6.08 Å². The summed E-state index contributed by atoms with van der Waals surface area (Å²) in [5.74, 6) is -0.714. The van der Waals surface area contributed by atoms with Crippen LogP contribution in [0.2, 0.25) is 0 Å². The van der Waals surface area contributed by atoms with E-state index in [0.29, 0.717) is 5.56 Å². The van der Waals surface area contributed by atoms with E-state index in [1.807, 2.05) is 108 Å². The van der Waals surface area contributed by atoms with Gasteiger partial charge >= 0.3 is 5.97 Å². The second-order valence-corrected chi connectivity index (χ2v) is 8.26. The number of para-hydroxylation sites is 1. The van der Waals surface area contributed by atoms with Gasteiger partial charge in [-0.3, -0.25) is 0 Å². The highest BCUT2D eigenvalue weighted by Crippen LogP contribution is 2.50. The van der Waals surface area contributed by atoms with Crippen LogP contribution in [0.4, 0.5) is 5.69 Å². The van der Waals surface area contributed by atoms with Crippen molar-refractivity contribution in [3.63, 3.8) is 0 Å². The molecule has 0 amide bonds. The first kappa shape index (κ1) is 21.7. The molecular formula is C30H25NO3. The first-order valence-corrected chi connectivity index (χ1v) is 11.2. The Morgan fingerprint density at radius 3 is 2.00 bits per heavy atom. The zero-order chi connectivity index (χ0) is 23.5. The summed E-state index contributed by atoms with van der Waals surface area (Å²) in [6, 6.07) is 36.0. The summed E-state index contributed by atoms with van der Waals surface area (Å²) in [4.78, 5) is 15.5. The predicted octanol–water partition coefficient (Wildman–Crippen LogP) is 5.81. The molecule has 4 heteroatoms. The molecule has 4 aromatic carbocycles. The Morgan fingerprint density at radius 1 is 0.794 bits per heavy atom. The number of hydrogen-bond acceptors (Lipinski definition) is 4. The Labute approximate surface area is 199 Å². The third kappa shape index (κ3) is 3.58. The van der Waals surface area contributed by atoms with E-state index in [1.165, 1.54) is 7.11 Å². The fraction of sp³-hybridized carbons (Fsp3) is 0.100. The summed E-state index contributed by atoms with van der Waals surface area (Å²) in [7, 11) is 1.31. The van der Waals surface area contributed by atoms with Gasteiger partial charge in [-0.05, 0) is 40.5 Å². The number of benzene rings is 4. The highest BCUT2D eigenvalue weighted by Gasteiger charge is 2.52. The van der Waals surface area contributed by atoms with Crippen molar-refractivity contribution >= 4 is 23.4 Å². The average molecular weight is 448 g/mol. The molecule has 1 heterocycles. The van der Waals surface area contributed by atoms with Crippen LogP contribution in [0.5, 0.6) is 0 Å². The van der Waals surface area contributed by atoms with Gasteiger partial charge in [0.2, 0.25) is 5.60 Å². The standard InChI is InChI=1S/C30H25NO3/c1-34-29(32)30(33,24-16-7-3-8-17-24)28-26-20-12-11-15-23(26)21-27(22-13-5-2-6-14-22)31(28)25-18-9-4-10-19-25/h2-21,28,33H,1H3. The minimum absolute atomic E-state index is 0.469. The van der Waals surface area contributed by atoms with E-state index >= 15 is 0 Å². The molecule has 1 aliphatic rings. The second kappa shape index (κ2) is 9.00. The van der Waals surface area contributed by atoms with Crippen LogP contribution in [0.25, 0.3) is 11.8 Å². The van der Waals surface area contributed by atoms with E-state index in [0.717, 1.165) is 28.1 Å². The molecule has 1 N–H and O–H groups in total. The smallest absolute Gasteiger partial charge is 0.345 e.